The molecule has 0 saturated carbocycles. The Kier molecular flexibility index (Phi) is 10.2. The van der Waals surface area contributed by atoms with Crippen molar-refractivity contribution >= 4 is 51.0 Å². The van der Waals surface area contributed by atoms with Gasteiger partial charge < -0.3 is 14.8 Å². The van der Waals surface area contributed by atoms with Crippen LogP contribution in [0.2, 0.25) is 5.02 Å². The molecule has 0 heterocycles. The Morgan fingerprint density at radius 2 is 1.73 bits per heavy atom. The average molecular weight is 613 g/mol. The summed E-state index contributed by atoms with van der Waals surface area (Å²) in [5.74, 6) is -0.428. The molecule has 0 atom stereocenters. The maximum Gasteiger partial charge on any atom is 0.417 e. The number of sulfonamides is 1. The zero-order valence-corrected chi connectivity index (χ0v) is 23.2. The van der Waals surface area contributed by atoms with Crippen LogP contribution in [0.4, 0.5) is 24.5 Å². The molecular weight excluding hydrogens is 589 g/mol. The van der Waals surface area contributed by atoms with Gasteiger partial charge >= 0.3 is 6.18 Å². The smallest absolute Gasteiger partial charge is 0.417 e. The molecule has 2 amide bonds. The molecule has 0 aromatic heterocycles. The van der Waals surface area contributed by atoms with E-state index in [9.17, 15) is 31.2 Å². The van der Waals surface area contributed by atoms with E-state index >= 15 is 0 Å². The largest absolute Gasteiger partial charge is 0.495 e. The Bertz CT molecular complexity index is 1530. The number of halogens is 4. The summed E-state index contributed by atoms with van der Waals surface area (Å²) in [5, 5.41) is 5.81. The third kappa shape index (κ3) is 9.11. The van der Waals surface area contributed by atoms with Gasteiger partial charge in [-0.15, -0.1) is 0 Å². The molecule has 0 aliphatic heterocycles. The van der Waals surface area contributed by atoms with Crippen LogP contribution >= 0.6 is 11.6 Å². The van der Waals surface area contributed by atoms with E-state index in [2.05, 4.69) is 15.8 Å². The van der Waals surface area contributed by atoms with E-state index in [0.29, 0.717) is 33.1 Å². The predicted octanol–water partition coefficient (Wildman–Crippen LogP) is 4.30. The quantitative estimate of drug-likeness (QED) is 0.246. The zero-order valence-electron chi connectivity index (χ0n) is 21.6. The Balaban J connectivity index is 1.56. The lowest BCUT2D eigenvalue weighted by molar-refractivity contribution is -0.137. The highest BCUT2D eigenvalue weighted by Gasteiger charge is 2.34. The minimum absolute atomic E-state index is 0.267. The fraction of sp³-hybridized carbons (Fsp3) is 0.192. The lowest BCUT2D eigenvalue weighted by Crippen LogP contribution is -2.39. The van der Waals surface area contributed by atoms with E-state index < -0.39 is 50.8 Å². The van der Waals surface area contributed by atoms with Crippen molar-refractivity contribution in [2.75, 3.05) is 36.1 Å². The molecule has 218 valence electrons. The SMILES string of the molecule is COc1ccccc1NC(=O)COc1ccc(/C=N\NC(=O)CN(c2ccc(Cl)c(C(F)(F)F)c2)S(C)(=O)=O)cc1. The van der Waals surface area contributed by atoms with Gasteiger partial charge in [0.1, 0.15) is 18.0 Å². The van der Waals surface area contributed by atoms with Gasteiger partial charge in [0, 0.05) is 0 Å². The number of nitrogens with one attached hydrogen (secondary N) is 2. The van der Waals surface area contributed by atoms with Crippen LogP contribution in [0, 0.1) is 0 Å². The van der Waals surface area contributed by atoms with Gasteiger partial charge in [0.2, 0.25) is 10.0 Å². The molecule has 0 aliphatic rings. The van der Waals surface area contributed by atoms with Crippen LogP contribution in [0.3, 0.4) is 0 Å². The maximum absolute atomic E-state index is 13.2. The Morgan fingerprint density at radius 3 is 2.37 bits per heavy atom. The van der Waals surface area contributed by atoms with Gasteiger partial charge in [-0.3, -0.25) is 13.9 Å². The number of hydrogen-bond acceptors (Lipinski definition) is 7. The first kappa shape index (κ1) is 31.2. The first-order valence-corrected chi connectivity index (χ1v) is 13.8. The van der Waals surface area contributed by atoms with Crippen molar-refractivity contribution in [2.45, 2.75) is 6.18 Å². The molecule has 0 bridgehead atoms. The van der Waals surface area contributed by atoms with Gasteiger partial charge in [0.05, 0.1) is 41.5 Å². The summed E-state index contributed by atoms with van der Waals surface area (Å²) in [6, 6.07) is 15.7. The fourth-order valence-corrected chi connectivity index (χ4v) is 4.44. The van der Waals surface area contributed by atoms with E-state index in [4.69, 9.17) is 21.1 Å². The number of amides is 2. The summed E-state index contributed by atoms with van der Waals surface area (Å²) >= 11 is 5.60. The normalized spacial score (nSPS) is 11.7. The molecule has 0 spiro atoms. The van der Waals surface area contributed by atoms with Gasteiger partial charge in [-0.1, -0.05) is 23.7 Å². The van der Waals surface area contributed by atoms with Crippen molar-refractivity contribution in [2.24, 2.45) is 5.10 Å². The number of methoxy groups -OCH3 is 1. The van der Waals surface area contributed by atoms with Crippen molar-refractivity contribution in [3.63, 3.8) is 0 Å². The predicted molar refractivity (Wildman–Crippen MR) is 148 cm³/mol. The standard InChI is InChI=1S/C26H24ClF3N4O6S/c1-39-23-6-4-3-5-22(23)32-25(36)16-40-19-10-7-17(8-11-19)14-31-33-24(35)15-34(41(2,37)38)18-9-12-21(27)20(13-18)26(28,29)30/h3-14H,15-16H2,1-2H3,(H,32,36)(H,33,35)/b31-14-. The Morgan fingerprint density at radius 1 is 1.05 bits per heavy atom. The lowest BCUT2D eigenvalue weighted by Gasteiger charge is -2.22. The minimum Gasteiger partial charge on any atom is -0.495 e. The fourth-order valence-electron chi connectivity index (χ4n) is 3.36. The van der Waals surface area contributed by atoms with E-state index in [0.717, 1.165) is 18.4 Å². The molecule has 0 radical (unpaired) electrons. The van der Waals surface area contributed by atoms with E-state index in [1.54, 1.807) is 48.5 Å². The van der Waals surface area contributed by atoms with Crippen molar-refractivity contribution in [1.82, 2.24) is 5.43 Å². The first-order valence-electron chi connectivity index (χ1n) is 11.6. The van der Waals surface area contributed by atoms with Crippen LogP contribution in [-0.2, 0) is 25.8 Å². The van der Waals surface area contributed by atoms with Crippen LogP contribution in [-0.4, -0.2) is 53.0 Å². The summed E-state index contributed by atoms with van der Waals surface area (Å²) < 4.78 is 75.2. The number of para-hydroxylation sites is 2. The lowest BCUT2D eigenvalue weighted by atomic mass is 10.2. The third-order valence-corrected chi connectivity index (χ3v) is 6.74. The Labute approximate surface area is 238 Å². The van der Waals surface area contributed by atoms with Crippen molar-refractivity contribution in [1.29, 1.82) is 0 Å². The molecule has 15 heteroatoms. The molecule has 0 fully saturated rings. The molecule has 3 aromatic carbocycles. The van der Waals surface area contributed by atoms with Crippen LogP contribution in [0.15, 0.2) is 71.8 Å². The number of carbonyl (C=O) groups is 2. The number of carbonyl (C=O) groups excluding carboxylic acids is 2. The second kappa shape index (κ2) is 13.4. The number of alkyl halides is 3. The number of nitrogens with zero attached hydrogens (tertiary/aromatic N) is 2. The van der Waals surface area contributed by atoms with Crippen LogP contribution in [0.25, 0.3) is 0 Å². The second-order valence-corrected chi connectivity index (χ2v) is 10.6. The highest BCUT2D eigenvalue weighted by Crippen LogP contribution is 2.37. The van der Waals surface area contributed by atoms with Crippen LogP contribution < -0.4 is 24.5 Å². The van der Waals surface area contributed by atoms with E-state index in [-0.39, 0.29) is 6.61 Å². The number of rotatable bonds is 11. The summed E-state index contributed by atoms with van der Waals surface area (Å²) in [4.78, 5) is 24.5. The van der Waals surface area contributed by atoms with Gasteiger partial charge in [0.25, 0.3) is 11.8 Å². The topological polar surface area (TPSA) is 126 Å². The number of anilines is 2. The molecule has 41 heavy (non-hydrogen) atoms. The number of ether oxygens (including phenoxy) is 2. The molecule has 10 nitrogen and oxygen atoms in total. The molecular formula is C26H24ClF3N4O6S. The third-order valence-electron chi connectivity index (χ3n) is 5.26. The molecule has 2 N–H and O–H groups in total. The average Bonchev–Trinajstić information content (AvgIpc) is 2.91. The maximum atomic E-state index is 13.2. The minimum atomic E-state index is -4.83. The van der Waals surface area contributed by atoms with Gasteiger partial charge in [0.15, 0.2) is 6.61 Å². The van der Waals surface area contributed by atoms with E-state index in [1.165, 1.54) is 13.3 Å². The monoisotopic (exact) mass is 612 g/mol. The first-order chi connectivity index (χ1) is 19.3. The number of hydrogen-bond donors (Lipinski definition) is 2. The summed E-state index contributed by atoms with van der Waals surface area (Å²) in [6.07, 6.45) is -2.83. The summed E-state index contributed by atoms with van der Waals surface area (Å²) in [5.41, 5.74) is 1.51. The van der Waals surface area contributed by atoms with Gasteiger partial charge in [-0.05, 0) is 60.2 Å². The summed E-state index contributed by atoms with van der Waals surface area (Å²) in [6.45, 7) is -1.10. The Hall–Kier alpha value is -4.30. The summed E-state index contributed by atoms with van der Waals surface area (Å²) in [7, 11) is -2.66. The highest BCUT2D eigenvalue weighted by atomic mass is 35.5. The van der Waals surface area contributed by atoms with Gasteiger partial charge in [-0.25, -0.2) is 13.8 Å². The molecule has 0 aliphatic carbocycles. The number of benzene rings is 3. The molecule has 0 saturated heterocycles. The van der Waals surface area contributed by atoms with Crippen LogP contribution in [0.5, 0.6) is 11.5 Å². The van der Waals surface area contributed by atoms with Crippen molar-refractivity contribution in [3.8, 4) is 11.5 Å². The van der Waals surface area contributed by atoms with Gasteiger partial charge in [-0.2, -0.15) is 18.3 Å². The number of hydrazone groups is 1. The highest BCUT2D eigenvalue weighted by molar-refractivity contribution is 7.92. The van der Waals surface area contributed by atoms with Crippen molar-refractivity contribution < 1.29 is 40.7 Å². The van der Waals surface area contributed by atoms with E-state index in [1.807, 2.05) is 0 Å². The zero-order chi connectivity index (χ0) is 30.2. The van der Waals surface area contributed by atoms with Crippen LogP contribution in [0.1, 0.15) is 11.1 Å². The molecule has 0 unspecified atom stereocenters. The molecule has 3 aromatic rings. The molecule has 3 rings (SSSR count). The second-order valence-electron chi connectivity index (χ2n) is 8.33. The van der Waals surface area contributed by atoms with Crippen molar-refractivity contribution in [3.05, 3.63) is 82.9 Å².